The number of nitrogens with zero attached hydrogens (tertiary/aromatic N) is 4. The maximum absolute atomic E-state index is 13.7. The van der Waals surface area contributed by atoms with E-state index in [0.717, 1.165) is 12.4 Å². The second-order valence-corrected chi connectivity index (χ2v) is 5.14. The zero-order valence-corrected chi connectivity index (χ0v) is 11.4. The monoisotopic (exact) mass is 298 g/mol. The largest absolute Gasteiger partial charge is 0.378 e. The maximum Gasteiger partial charge on any atom is 0.245 e. The number of alkyl halides is 1. The van der Waals surface area contributed by atoms with Crippen LogP contribution in [0, 0.1) is 5.82 Å². The number of hydrogen-bond acceptors (Lipinski definition) is 5. The highest BCUT2D eigenvalue weighted by Crippen LogP contribution is 2.26. The van der Waals surface area contributed by atoms with E-state index in [0.29, 0.717) is 26.3 Å². The number of carbonyl (C=O) groups is 1. The molecule has 2 saturated heterocycles. The SMILES string of the molecule is O=C([C@@H]1C[C@@H](F)CN1c1ncc(F)cn1)N1CCOCC1. The molecule has 3 heterocycles. The van der Waals surface area contributed by atoms with Gasteiger partial charge in [-0.15, -0.1) is 0 Å². The molecule has 1 aromatic rings. The first kappa shape index (κ1) is 14.1. The molecule has 2 fully saturated rings. The Morgan fingerprint density at radius 1 is 1.29 bits per heavy atom. The van der Waals surface area contributed by atoms with Gasteiger partial charge in [-0.3, -0.25) is 4.79 Å². The van der Waals surface area contributed by atoms with Gasteiger partial charge in [0.15, 0.2) is 5.82 Å². The molecule has 114 valence electrons. The Morgan fingerprint density at radius 3 is 2.62 bits per heavy atom. The van der Waals surface area contributed by atoms with E-state index in [2.05, 4.69) is 9.97 Å². The molecule has 0 radical (unpaired) electrons. The van der Waals surface area contributed by atoms with E-state index >= 15 is 0 Å². The summed E-state index contributed by atoms with van der Waals surface area (Å²) in [4.78, 5) is 23.4. The summed E-state index contributed by atoms with van der Waals surface area (Å²) in [6, 6.07) is -0.636. The third-order valence-electron chi connectivity index (χ3n) is 3.72. The molecule has 6 nitrogen and oxygen atoms in total. The van der Waals surface area contributed by atoms with E-state index in [1.807, 2.05) is 0 Å². The number of anilines is 1. The molecular weight excluding hydrogens is 282 g/mol. The zero-order valence-electron chi connectivity index (χ0n) is 11.4. The lowest BCUT2D eigenvalue weighted by molar-refractivity contribution is -0.136. The molecule has 0 N–H and O–H groups in total. The molecule has 1 aromatic heterocycles. The first-order valence-corrected chi connectivity index (χ1v) is 6.90. The number of morpholine rings is 1. The lowest BCUT2D eigenvalue weighted by atomic mass is 10.1. The molecule has 2 aliphatic rings. The Bertz CT molecular complexity index is 507. The standard InChI is InChI=1S/C13H16F2N4O2/c14-9-5-11(12(20)18-1-3-21-4-2-18)19(8-9)13-16-6-10(15)7-17-13/h6-7,9,11H,1-5,8H2/t9-,11+/m1/s1. The van der Waals surface area contributed by atoms with Crippen molar-refractivity contribution in [3.05, 3.63) is 18.2 Å². The zero-order chi connectivity index (χ0) is 14.8. The van der Waals surface area contributed by atoms with Crippen molar-refractivity contribution in [1.29, 1.82) is 0 Å². The van der Waals surface area contributed by atoms with Gasteiger partial charge in [0, 0.05) is 19.5 Å². The fourth-order valence-corrected chi connectivity index (χ4v) is 2.69. The second-order valence-electron chi connectivity index (χ2n) is 5.14. The minimum absolute atomic E-state index is 0.0480. The van der Waals surface area contributed by atoms with Gasteiger partial charge in [-0.05, 0) is 0 Å². The Labute approximate surface area is 120 Å². The fraction of sp³-hybridized carbons (Fsp3) is 0.615. The minimum atomic E-state index is -1.12. The summed E-state index contributed by atoms with van der Waals surface area (Å²) in [5.74, 6) is -0.527. The summed E-state index contributed by atoms with van der Waals surface area (Å²) in [5, 5.41) is 0. The molecule has 3 rings (SSSR count). The van der Waals surface area contributed by atoms with Gasteiger partial charge in [0.2, 0.25) is 11.9 Å². The lowest BCUT2D eigenvalue weighted by Crippen LogP contribution is -2.50. The molecule has 1 amide bonds. The third-order valence-corrected chi connectivity index (χ3v) is 3.72. The van der Waals surface area contributed by atoms with Gasteiger partial charge in [0.25, 0.3) is 0 Å². The number of aromatic nitrogens is 2. The topological polar surface area (TPSA) is 58.6 Å². The highest BCUT2D eigenvalue weighted by atomic mass is 19.1. The Kier molecular flexibility index (Phi) is 3.96. The summed E-state index contributed by atoms with van der Waals surface area (Å²) in [5.41, 5.74) is 0. The molecule has 0 unspecified atom stereocenters. The average Bonchev–Trinajstić information content (AvgIpc) is 2.90. The Hall–Kier alpha value is -1.83. The maximum atomic E-state index is 13.7. The average molecular weight is 298 g/mol. The molecule has 0 spiro atoms. The van der Waals surface area contributed by atoms with Gasteiger partial charge in [-0.1, -0.05) is 0 Å². The number of carbonyl (C=O) groups excluding carboxylic acids is 1. The van der Waals surface area contributed by atoms with E-state index in [1.165, 1.54) is 4.90 Å². The van der Waals surface area contributed by atoms with Crippen LogP contribution in [-0.4, -0.2) is 65.8 Å². The Morgan fingerprint density at radius 2 is 1.95 bits per heavy atom. The highest BCUT2D eigenvalue weighted by Gasteiger charge is 2.40. The van der Waals surface area contributed by atoms with Crippen LogP contribution < -0.4 is 4.90 Å². The van der Waals surface area contributed by atoms with Crippen LogP contribution in [0.15, 0.2) is 12.4 Å². The molecule has 2 aliphatic heterocycles. The third kappa shape index (κ3) is 2.94. The van der Waals surface area contributed by atoms with Gasteiger partial charge < -0.3 is 14.5 Å². The van der Waals surface area contributed by atoms with Crippen molar-refractivity contribution in [1.82, 2.24) is 14.9 Å². The van der Waals surface area contributed by atoms with E-state index < -0.39 is 18.0 Å². The molecular formula is C13H16F2N4O2. The summed E-state index contributed by atoms with van der Waals surface area (Å²) >= 11 is 0. The van der Waals surface area contributed by atoms with E-state index in [9.17, 15) is 13.6 Å². The molecule has 0 aliphatic carbocycles. The lowest BCUT2D eigenvalue weighted by Gasteiger charge is -2.32. The number of amides is 1. The van der Waals surface area contributed by atoms with Gasteiger partial charge >= 0.3 is 0 Å². The van der Waals surface area contributed by atoms with E-state index in [4.69, 9.17) is 4.74 Å². The van der Waals surface area contributed by atoms with Crippen molar-refractivity contribution in [3.63, 3.8) is 0 Å². The second kappa shape index (κ2) is 5.88. The molecule has 8 heteroatoms. The van der Waals surface area contributed by atoms with Crippen LogP contribution in [0.3, 0.4) is 0 Å². The predicted molar refractivity (Wildman–Crippen MR) is 70.0 cm³/mol. The molecule has 0 saturated carbocycles. The van der Waals surface area contributed by atoms with E-state index in [1.54, 1.807) is 4.90 Å². The summed E-state index contributed by atoms with van der Waals surface area (Å²) in [6.45, 7) is 2.04. The van der Waals surface area contributed by atoms with Crippen LogP contribution in [0.5, 0.6) is 0 Å². The van der Waals surface area contributed by atoms with Crippen molar-refractivity contribution < 1.29 is 18.3 Å². The van der Waals surface area contributed by atoms with Crippen LogP contribution in [0.25, 0.3) is 0 Å². The Balaban J connectivity index is 1.78. The van der Waals surface area contributed by atoms with E-state index in [-0.39, 0.29) is 24.8 Å². The summed E-state index contributed by atoms with van der Waals surface area (Å²) < 4.78 is 31.9. The van der Waals surface area contributed by atoms with Gasteiger partial charge in [0.05, 0.1) is 32.2 Å². The summed E-state index contributed by atoms with van der Waals surface area (Å²) in [6.07, 6.45) is 1.03. The smallest absolute Gasteiger partial charge is 0.245 e. The quantitative estimate of drug-likeness (QED) is 0.790. The number of ether oxygens (including phenoxy) is 1. The molecule has 2 atom stereocenters. The molecule has 0 bridgehead atoms. The number of rotatable bonds is 2. The number of halogens is 2. The van der Waals surface area contributed by atoms with Gasteiger partial charge in [-0.25, -0.2) is 18.7 Å². The predicted octanol–water partition coefficient (Wildman–Crippen LogP) is 0.391. The normalized spacial score (nSPS) is 26.2. The summed E-state index contributed by atoms with van der Waals surface area (Å²) in [7, 11) is 0. The van der Waals surface area contributed by atoms with Crippen LogP contribution in [0.4, 0.5) is 14.7 Å². The van der Waals surface area contributed by atoms with Crippen LogP contribution in [-0.2, 0) is 9.53 Å². The highest BCUT2D eigenvalue weighted by molar-refractivity contribution is 5.85. The molecule has 21 heavy (non-hydrogen) atoms. The number of hydrogen-bond donors (Lipinski definition) is 0. The van der Waals surface area contributed by atoms with Gasteiger partial charge in [0.1, 0.15) is 12.2 Å². The van der Waals surface area contributed by atoms with Crippen molar-refractivity contribution in [2.75, 3.05) is 37.7 Å². The van der Waals surface area contributed by atoms with Crippen LogP contribution in [0.2, 0.25) is 0 Å². The van der Waals surface area contributed by atoms with Gasteiger partial charge in [-0.2, -0.15) is 0 Å². The minimum Gasteiger partial charge on any atom is -0.378 e. The van der Waals surface area contributed by atoms with Crippen LogP contribution >= 0.6 is 0 Å². The van der Waals surface area contributed by atoms with Crippen molar-refractivity contribution in [2.24, 2.45) is 0 Å². The van der Waals surface area contributed by atoms with Crippen molar-refractivity contribution in [3.8, 4) is 0 Å². The van der Waals surface area contributed by atoms with Crippen molar-refractivity contribution in [2.45, 2.75) is 18.6 Å². The van der Waals surface area contributed by atoms with Crippen LogP contribution in [0.1, 0.15) is 6.42 Å². The first-order chi connectivity index (χ1) is 10.1. The fourth-order valence-electron chi connectivity index (χ4n) is 2.69. The molecule has 0 aromatic carbocycles. The first-order valence-electron chi connectivity index (χ1n) is 6.90. The van der Waals surface area contributed by atoms with Crippen molar-refractivity contribution >= 4 is 11.9 Å².